The summed E-state index contributed by atoms with van der Waals surface area (Å²) in [5.74, 6) is -1.03. The molecule has 40 heavy (non-hydrogen) atoms. The second kappa shape index (κ2) is 13.0. The van der Waals surface area contributed by atoms with Crippen molar-refractivity contribution < 1.29 is 13.9 Å². The molecule has 1 unspecified atom stereocenters. The summed E-state index contributed by atoms with van der Waals surface area (Å²) in [6.07, 6.45) is 7.93. The highest BCUT2D eigenvalue weighted by atomic mass is 35.5. The number of fused-ring (bicyclic) bond motifs is 1. The topological polar surface area (TPSA) is 63.6 Å². The predicted molar refractivity (Wildman–Crippen MR) is 162 cm³/mol. The van der Waals surface area contributed by atoms with Gasteiger partial charge in [0.15, 0.2) is 0 Å². The van der Waals surface area contributed by atoms with Crippen LogP contribution in [0.25, 0.3) is 10.9 Å². The third kappa shape index (κ3) is 7.33. The molecule has 1 aromatic heterocycles. The van der Waals surface area contributed by atoms with E-state index in [9.17, 15) is 9.59 Å². The Morgan fingerprint density at radius 1 is 1.20 bits per heavy atom. The lowest BCUT2D eigenvalue weighted by atomic mass is 10.0. The van der Waals surface area contributed by atoms with Gasteiger partial charge >= 0.3 is 0 Å². The van der Waals surface area contributed by atoms with Crippen LogP contribution in [-0.2, 0) is 11.3 Å². The Labute approximate surface area is 244 Å². The molecule has 1 fully saturated rings. The van der Waals surface area contributed by atoms with Crippen molar-refractivity contribution in [3.05, 3.63) is 98.6 Å². The number of halogens is 3. The first-order valence-electron chi connectivity index (χ1n) is 13.3. The number of carbonyl (C=O) groups is 1. The molecule has 0 aliphatic carbocycles. The number of allylic oxidation sites excluding steroid dienone is 3. The number of hydrogen-bond donors (Lipinski definition) is 1. The summed E-state index contributed by atoms with van der Waals surface area (Å²) in [4.78, 5) is 28.1. The van der Waals surface area contributed by atoms with Gasteiger partial charge in [0.05, 0.1) is 29.3 Å². The van der Waals surface area contributed by atoms with E-state index in [0.717, 1.165) is 11.1 Å². The quantitative estimate of drug-likeness (QED) is 0.236. The van der Waals surface area contributed by atoms with Gasteiger partial charge in [-0.1, -0.05) is 47.5 Å². The minimum absolute atomic E-state index is 0.0520. The Balaban J connectivity index is 1.69. The van der Waals surface area contributed by atoms with Gasteiger partial charge in [0.1, 0.15) is 11.4 Å². The summed E-state index contributed by atoms with van der Waals surface area (Å²) in [6, 6.07) is 10.3. The summed E-state index contributed by atoms with van der Waals surface area (Å²) < 4.78 is 22.6. The van der Waals surface area contributed by atoms with Gasteiger partial charge in [-0.3, -0.25) is 9.59 Å². The van der Waals surface area contributed by atoms with Gasteiger partial charge in [-0.25, -0.2) is 4.39 Å². The molecule has 1 atom stereocenters. The largest absolute Gasteiger partial charge is 0.378 e. The molecule has 1 aliphatic heterocycles. The van der Waals surface area contributed by atoms with E-state index in [-0.39, 0.29) is 17.5 Å². The minimum Gasteiger partial charge on any atom is -0.378 e. The zero-order valence-electron chi connectivity index (χ0n) is 23.0. The Morgan fingerprint density at radius 3 is 2.58 bits per heavy atom. The normalized spacial score (nSPS) is 15.9. The molecule has 0 saturated carbocycles. The van der Waals surface area contributed by atoms with Crippen molar-refractivity contribution in [3.8, 4) is 0 Å². The number of nitrogens with zero attached hydrogens (tertiary/aromatic N) is 2. The molecule has 0 bridgehead atoms. The Bertz CT molecular complexity index is 1490. The molecule has 6 nitrogen and oxygen atoms in total. The van der Waals surface area contributed by atoms with E-state index >= 15 is 4.39 Å². The zero-order valence-corrected chi connectivity index (χ0v) is 24.5. The monoisotopic (exact) mass is 585 g/mol. The molecule has 212 valence electrons. The molecule has 1 amide bonds. The number of nitrogens with one attached hydrogen (secondary N) is 1. The van der Waals surface area contributed by atoms with Crippen molar-refractivity contribution in [1.82, 2.24) is 9.88 Å². The molecule has 1 N–H and O–H groups in total. The number of alkyl halides is 1. The maximum atomic E-state index is 15.3. The summed E-state index contributed by atoms with van der Waals surface area (Å²) in [6.45, 7) is 8.44. The van der Waals surface area contributed by atoms with E-state index in [4.69, 9.17) is 27.9 Å². The fourth-order valence-corrected chi connectivity index (χ4v) is 5.03. The van der Waals surface area contributed by atoms with Gasteiger partial charge in [0.25, 0.3) is 5.91 Å². The van der Waals surface area contributed by atoms with Crippen molar-refractivity contribution in [2.75, 3.05) is 37.7 Å². The summed E-state index contributed by atoms with van der Waals surface area (Å²) >= 11 is 12.5. The fraction of sp³-hybridized carbons (Fsp3) is 0.355. The van der Waals surface area contributed by atoms with E-state index in [2.05, 4.69) is 5.32 Å². The minimum atomic E-state index is -0.524. The molecule has 4 rings (SSSR count). The summed E-state index contributed by atoms with van der Waals surface area (Å²) in [5.41, 5.74) is 2.21. The van der Waals surface area contributed by atoms with E-state index in [0.29, 0.717) is 55.5 Å². The van der Waals surface area contributed by atoms with Crippen LogP contribution in [0.2, 0.25) is 5.02 Å². The highest BCUT2D eigenvalue weighted by Gasteiger charge is 2.21. The zero-order chi connectivity index (χ0) is 28.9. The lowest BCUT2D eigenvalue weighted by Gasteiger charge is -2.29. The van der Waals surface area contributed by atoms with Gasteiger partial charge in [-0.15, -0.1) is 11.6 Å². The first-order valence-corrected chi connectivity index (χ1v) is 14.0. The highest BCUT2D eigenvalue weighted by molar-refractivity contribution is 6.30. The van der Waals surface area contributed by atoms with Crippen molar-refractivity contribution >= 4 is 45.7 Å². The van der Waals surface area contributed by atoms with Crippen molar-refractivity contribution in [3.63, 3.8) is 0 Å². The number of rotatable bonds is 9. The first kappa shape index (κ1) is 29.8. The van der Waals surface area contributed by atoms with Crippen LogP contribution in [-0.4, -0.2) is 48.2 Å². The molecule has 9 heteroatoms. The van der Waals surface area contributed by atoms with Crippen LogP contribution < -0.4 is 15.6 Å². The molecule has 3 aromatic rings. The van der Waals surface area contributed by atoms with Crippen LogP contribution in [0.1, 0.15) is 43.1 Å². The lowest BCUT2D eigenvalue weighted by molar-refractivity contribution is 0.0955. The van der Waals surface area contributed by atoms with E-state index < -0.39 is 22.0 Å². The maximum Gasteiger partial charge on any atom is 0.257 e. The molecule has 0 spiro atoms. The number of ether oxygens (including phenoxy) is 1. The van der Waals surface area contributed by atoms with Crippen LogP contribution in [0.15, 0.2) is 71.2 Å². The van der Waals surface area contributed by atoms with Gasteiger partial charge in [-0.2, -0.15) is 0 Å². The molecule has 1 saturated heterocycles. The maximum absolute atomic E-state index is 15.3. The molecule has 1 aliphatic rings. The first-order chi connectivity index (χ1) is 19.1. The third-order valence-corrected chi connectivity index (χ3v) is 7.44. The average molecular weight is 587 g/mol. The number of amides is 1. The Kier molecular flexibility index (Phi) is 9.72. The average Bonchev–Trinajstić information content (AvgIpc) is 2.93. The van der Waals surface area contributed by atoms with Crippen LogP contribution in [0, 0.1) is 5.82 Å². The number of hydrogen-bond acceptors (Lipinski definition) is 4. The smallest absolute Gasteiger partial charge is 0.257 e. The number of aromatic nitrogens is 1. The number of carbonyl (C=O) groups excluding carboxylic acids is 1. The van der Waals surface area contributed by atoms with Gasteiger partial charge in [0, 0.05) is 42.8 Å². The lowest BCUT2D eigenvalue weighted by Crippen LogP contribution is -2.37. The van der Waals surface area contributed by atoms with E-state index in [1.165, 1.54) is 6.07 Å². The van der Waals surface area contributed by atoms with Gasteiger partial charge < -0.3 is 19.5 Å². The highest BCUT2D eigenvalue weighted by Crippen LogP contribution is 2.27. The number of anilines is 1. The Hall–Kier alpha value is -3.13. The predicted octanol–water partition coefficient (Wildman–Crippen LogP) is 6.32. The SMILES string of the molecule is C/C=C\C(C)(Cl)C/C=C(\C)CNC(=O)c1cn(Cc2ccc(Cl)cc2)c2cc(N3CCOCC3)c(F)cc2c1=O. The van der Waals surface area contributed by atoms with Crippen LogP contribution in [0.5, 0.6) is 0 Å². The van der Waals surface area contributed by atoms with Crippen LogP contribution in [0.4, 0.5) is 10.1 Å². The Morgan fingerprint density at radius 2 is 1.90 bits per heavy atom. The summed E-state index contributed by atoms with van der Waals surface area (Å²) in [7, 11) is 0. The van der Waals surface area contributed by atoms with Crippen molar-refractivity contribution in [2.45, 2.75) is 38.6 Å². The standard InChI is InChI=1S/C31H34Cl2FN3O3/c1-4-10-31(3,33)11-9-21(2)18-35-30(39)25-20-37(19-22-5-7-23(32)8-6-22)27-17-28(36-12-14-40-15-13-36)26(34)16-24(27)29(25)38/h4-10,16-17,20H,11-15,18-19H2,1-3H3,(H,35,39)/b10-4-,21-9+. The van der Waals surface area contributed by atoms with Crippen molar-refractivity contribution in [2.24, 2.45) is 0 Å². The molecular formula is C31H34Cl2FN3O3. The number of morpholine rings is 1. The number of benzene rings is 2. The molecule has 2 aromatic carbocycles. The molecular weight excluding hydrogens is 552 g/mol. The van der Waals surface area contributed by atoms with Gasteiger partial charge in [-0.05, 0) is 57.0 Å². The summed E-state index contributed by atoms with van der Waals surface area (Å²) in [5, 5.41) is 3.59. The van der Waals surface area contributed by atoms with Crippen LogP contribution in [0.3, 0.4) is 0 Å². The second-order valence-corrected chi connectivity index (χ2v) is 11.6. The van der Waals surface area contributed by atoms with E-state index in [1.54, 1.807) is 24.4 Å². The third-order valence-electron chi connectivity index (χ3n) is 6.90. The molecule has 2 heterocycles. The van der Waals surface area contributed by atoms with Crippen LogP contribution >= 0.6 is 23.2 Å². The fourth-order valence-electron chi connectivity index (χ4n) is 4.70. The number of pyridine rings is 1. The van der Waals surface area contributed by atoms with Gasteiger partial charge in [0.2, 0.25) is 5.43 Å². The second-order valence-electron chi connectivity index (χ2n) is 10.3. The van der Waals surface area contributed by atoms with E-state index in [1.807, 2.05) is 60.6 Å². The van der Waals surface area contributed by atoms with Crippen molar-refractivity contribution in [1.29, 1.82) is 0 Å². The molecule has 0 radical (unpaired) electrons.